The van der Waals surface area contributed by atoms with Gasteiger partial charge in [0.1, 0.15) is 0 Å². The van der Waals surface area contributed by atoms with Gasteiger partial charge in [0.15, 0.2) is 17.5 Å². The van der Waals surface area contributed by atoms with Gasteiger partial charge in [0.2, 0.25) is 0 Å². The third kappa shape index (κ3) is 6.85. The molecular formula is C17H28IN3O2. The van der Waals surface area contributed by atoms with E-state index in [1.165, 1.54) is 25.7 Å². The van der Waals surface area contributed by atoms with Crippen LogP contribution < -0.4 is 20.1 Å². The Morgan fingerprint density at radius 2 is 2.09 bits per heavy atom. The summed E-state index contributed by atoms with van der Waals surface area (Å²) in [5.41, 5.74) is 0.926. The first-order valence-corrected chi connectivity index (χ1v) is 8.05. The van der Waals surface area contributed by atoms with E-state index in [0.717, 1.165) is 35.6 Å². The molecule has 0 atom stereocenters. The molecular weight excluding hydrogens is 405 g/mol. The summed E-state index contributed by atoms with van der Waals surface area (Å²) in [6.45, 7) is 3.52. The number of hydrogen-bond donors (Lipinski definition) is 2. The second-order valence-electron chi connectivity index (χ2n) is 5.51. The molecule has 1 fully saturated rings. The molecule has 5 nitrogen and oxygen atoms in total. The van der Waals surface area contributed by atoms with Crippen LogP contribution in [-0.2, 0) is 0 Å². The minimum absolute atomic E-state index is 0. The molecule has 0 aliphatic heterocycles. The van der Waals surface area contributed by atoms with Crippen molar-refractivity contribution >= 4 is 35.6 Å². The fraction of sp³-hybridized carbons (Fsp3) is 0.588. The van der Waals surface area contributed by atoms with Gasteiger partial charge in [0.05, 0.1) is 13.7 Å². The fourth-order valence-corrected chi connectivity index (χ4v) is 2.34. The Hall–Kier alpha value is -1.18. The number of nitrogens with one attached hydrogen (secondary N) is 2. The first-order chi connectivity index (χ1) is 10.8. The molecule has 1 aliphatic rings. The molecule has 1 aliphatic carbocycles. The van der Waals surface area contributed by atoms with Crippen LogP contribution in [0.1, 0.15) is 32.6 Å². The Labute approximate surface area is 156 Å². The van der Waals surface area contributed by atoms with Crippen LogP contribution in [0, 0.1) is 5.92 Å². The van der Waals surface area contributed by atoms with Gasteiger partial charge in [-0.25, -0.2) is 0 Å². The molecule has 2 N–H and O–H groups in total. The predicted molar refractivity (Wildman–Crippen MR) is 107 cm³/mol. The molecule has 1 aromatic rings. The van der Waals surface area contributed by atoms with Gasteiger partial charge in [-0.15, -0.1) is 24.0 Å². The van der Waals surface area contributed by atoms with E-state index in [9.17, 15) is 0 Å². The molecule has 0 saturated heterocycles. The molecule has 6 heteroatoms. The second-order valence-corrected chi connectivity index (χ2v) is 5.51. The van der Waals surface area contributed by atoms with Crippen LogP contribution >= 0.6 is 24.0 Å². The Morgan fingerprint density at radius 1 is 1.30 bits per heavy atom. The minimum Gasteiger partial charge on any atom is -0.493 e. The molecule has 0 aromatic heterocycles. The van der Waals surface area contributed by atoms with E-state index in [-0.39, 0.29) is 24.0 Å². The van der Waals surface area contributed by atoms with Crippen LogP contribution in [0.15, 0.2) is 23.2 Å². The first kappa shape index (κ1) is 19.9. The van der Waals surface area contributed by atoms with Crippen molar-refractivity contribution < 1.29 is 9.47 Å². The van der Waals surface area contributed by atoms with Crippen molar-refractivity contribution in [3.05, 3.63) is 18.2 Å². The van der Waals surface area contributed by atoms with E-state index in [1.54, 1.807) is 14.2 Å². The molecule has 130 valence electrons. The van der Waals surface area contributed by atoms with Gasteiger partial charge >= 0.3 is 0 Å². The zero-order valence-electron chi connectivity index (χ0n) is 14.2. The number of ether oxygens (including phenoxy) is 2. The largest absolute Gasteiger partial charge is 0.493 e. The van der Waals surface area contributed by atoms with E-state index in [4.69, 9.17) is 9.47 Å². The van der Waals surface area contributed by atoms with Gasteiger partial charge in [-0.3, -0.25) is 4.99 Å². The van der Waals surface area contributed by atoms with E-state index < -0.39 is 0 Å². The van der Waals surface area contributed by atoms with Crippen molar-refractivity contribution in [1.82, 2.24) is 5.32 Å². The molecule has 0 spiro atoms. The molecule has 0 heterocycles. The topological polar surface area (TPSA) is 54.9 Å². The van der Waals surface area contributed by atoms with Gasteiger partial charge < -0.3 is 20.1 Å². The average molecular weight is 433 g/mol. The fourth-order valence-electron chi connectivity index (χ4n) is 2.34. The van der Waals surface area contributed by atoms with E-state index in [2.05, 4.69) is 15.6 Å². The van der Waals surface area contributed by atoms with E-state index in [0.29, 0.717) is 6.61 Å². The lowest BCUT2D eigenvalue weighted by atomic mass is 10.2. The summed E-state index contributed by atoms with van der Waals surface area (Å²) < 4.78 is 10.9. The summed E-state index contributed by atoms with van der Waals surface area (Å²) in [5.74, 6) is 3.23. The SMILES string of the molecule is CCOc1ccc(NC(=NC)NCCCC2CC2)cc1OC.I. The highest BCUT2D eigenvalue weighted by molar-refractivity contribution is 14.0. The lowest BCUT2D eigenvalue weighted by molar-refractivity contribution is 0.311. The number of benzene rings is 1. The van der Waals surface area contributed by atoms with E-state index in [1.807, 2.05) is 25.1 Å². The highest BCUT2D eigenvalue weighted by atomic mass is 127. The average Bonchev–Trinajstić information content (AvgIpc) is 3.36. The lowest BCUT2D eigenvalue weighted by Gasteiger charge is -2.14. The van der Waals surface area contributed by atoms with Gasteiger partial charge in [-0.05, 0) is 37.8 Å². The summed E-state index contributed by atoms with van der Waals surface area (Å²) in [4.78, 5) is 4.25. The molecule has 2 rings (SSSR count). The van der Waals surface area contributed by atoms with Crippen molar-refractivity contribution in [3.8, 4) is 11.5 Å². The highest BCUT2D eigenvalue weighted by Gasteiger charge is 2.20. The number of anilines is 1. The Bertz CT molecular complexity index is 505. The maximum absolute atomic E-state index is 5.52. The number of nitrogens with zero attached hydrogens (tertiary/aromatic N) is 1. The van der Waals surface area contributed by atoms with E-state index >= 15 is 0 Å². The zero-order valence-corrected chi connectivity index (χ0v) is 16.6. The third-order valence-corrected chi connectivity index (χ3v) is 3.73. The smallest absolute Gasteiger partial charge is 0.195 e. The van der Waals surface area contributed by atoms with Crippen LogP contribution in [0.2, 0.25) is 0 Å². The van der Waals surface area contributed by atoms with Crippen LogP contribution in [0.3, 0.4) is 0 Å². The number of methoxy groups -OCH3 is 1. The summed E-state index contributed by atoms with van der Waals surface area (Å²) in [7, 11) is 3.43. The van der Waals surface area contributed by atoms with Crippen molar-refractivity contribution in [1.29, 1.82) is 0 Å². The summed E-state index contributed by atoms with van der Waals surface area (Å²) >= 11 is 0. The number of aliphatic imine (C=N–C) groups is 1. The Morgan fingerprint density at radius 3 is 2.70 bits per heavy atom. The van der Waals surface area contributed by atoms with Gasteiger partial charge in [0, 0.05) is 25.3 Å². The summed E-state index contributed by atoms with van der Waals surface area (Å²) in [5, 5.41) is 6.62. The molecule has 0 unspecified atom stereocenters. The van der Waals surface area contributed by atoms with Crippen molar-refractivity contribution in [3.63, 3.8) is 0 Å². The quantitative estimate of drug-likeness (QED) is 0.283. The summed E-state index contributed by atoms with van der Waals surface area (Å²) in [6, 6.07) is 5.79. The molecule has 23 heavy (non-hydrogen) atoms. The number of hydrogen-bond acceptors (Lipinski definition) is 3. The first-order valence-electron chi connectivity index (χ1n) is 8.05. The predicted octanol–water partition coefficient (Wildman–Crippen LogP) is 3.89. The lowest BCUT2D eigenvalue weighted by Crippen LogP contribution is -2.31. The van der Waals surface area contributed by atoms with Gasteiger partial charge in [0.25, 0.3) is 0 Å². The second kappa shape index (κ2) is 10.6. The Balaban J connectivity index is 0.00000264. The van der Waals surface area contributed by atoms with Gasteiger partial charge in [-0.1, -0.05) is 12.8 Å². The number of rotatable bonds is 8. The molecule has 0 amide bonds. The van der Waals surface area contributed by atoms with Crippen molar-refractivity contribution in [2.24, 2.45) is 10.9 Å². The standard InChI is InChI=1S/C17H27N3O2.HI/c1-4-22-15-10-9-14(12-16(15)21-3)20-17(18-2)19-11-5-6-13-7-8-13;/h9-10,12-13H,4-8,11H2,1-3H3,(H2,18,19,20);1H. The zero-order chi connectivity index (χ0) is 15.8. The summed E-state index contributed by atoms with van der Waals surface area (Å²) in [6.07, 6.45) is 5.34. The molecule has 0 bridgehead atoms. The van der Waals surface area contributed by atoms with Crippen molar-refractivity contribution in [2.75, 3.05) is 32.6 Å². The van der Waals surface area contributed by atoms with Crippen LogP contribution in [0.4, 0.5) is 5.69 Å². The van der Waals surface area contributed by atoms with Crippen LogP contribution in [0.5, 0.6) is 11.5 Å². The molecule has 1 aromatic carbocycles. The van der Waals surface area contributed by atoms with Crippen LogP contribution in [-0.4, -0.2) is 33.3 Å². The third-order valence-electron chi connectivity index (χ3n) is 3.73. The molecule has 1 saturated carbocycles. The Kier molecular flexibility index (Phi) is 9.13. The normalized spacial score (nSPS) is 14.0. The highest BCUT2D eigenvalue weighted by Crippen LogP contribution is 2.33. The van der Waals surface area contributed by atoms with Crippen molar-refractivity contribution in [2.45, 2.75) is 32.6 Å². The maximum atomic E-state index is 5.52. The minimum atomic E-state index is 0. The number of halogens is 1. The number of guanidine groups is 1. The monoisotopic (exact) mass is 433 g/mol. The maximum Gasteiger partial charge on any atom is 0.195 e. The molecule has 0 radical (unpaired) electrons. The van der Waals surface area contributed by atoms with Gasteiger partial charge in [-0.2, -0.15) is 0 Å². The van der Waals surface area contributed by atoms with Crippen LogP contribution in [0.25, 0.3) is 0 Å².